The summed E-state index contributed by atoms with van der Waals surface area (Å²) < 4.78 is 25.3. The Morgan fingerprint density at radius 2 is 1.66 bits per heavy atom. The van der Waals surface area contributed by atoms with Gasteiger partial charge in [0.05, 0.1) is 17.7 Å². The zero-order valence-corrected chi connectivity index (χ0v) is 18.3. The second-order valence-electron chi connectivity index (χ2n) is 6.93. The first-order valence-corrected chi connectivity index (χ1v) is 11.5. The first-order chi connectivity index (χ1) is 15.3. The molecule has 0 atom stereocenters. The molecule has 0 amide bonds. The number of anilines is 1. The van der Waals surface area contributed by atoms with Gasteiger partial charge in [0.15, 0.2) is 5.69 Å². The van der Waals surface area contributed by atoms with Crippen molar-refractivity contribution in [2.45, 2.75) is 11.4 Å². The van der Waals surface area contributed by atoms with Crippen molar-refractivity contribution in [3.8, 4) is 5.88 Å². The molecule has 0 saturated carbocycles. The van der Waals surface area contributed by atoms with E-state index in [9.17, 15) is 13.5 Å². The highest BCUT2D eigenvalue weighted by Crippen LogP contribution is 2.39. The van der Waals surface area contributed by atoms with Crippen LogP contribution in [0, 0.1) is 0 Å². The van der Waals surface area contributed by atoms with Crippen LogP contribution in [-0.2, 0) is 16.6 Å². The number of aromatic nitrogens is 1. The average molecular weight is 466 g/mol. The molecule has 0 saturated heterocycles. The third-order valence-corrected chi connectivity index (χ3v) is 5.93. The van der Waals surface area contributed by atoms with Crippen LogP contribution in [0.4, 0.5) is 11.4 Å². The second-order valence-corrected chi connectivity index (χ2v) is 8.85. The van der Waals surface area contributed by atoms with E-state index in [2.05, 4.69) is 15.5 Å². The van der Waals surface area contributed by atoms with Crippen LogP contribution in [0.2, 0.25) is 0 Å². The molecular weight excluding hydrogens is 446 g/mol. The van der Waals surface area contributed by atoms with Gasteiger partial charge in [-0.2, -0.15) is 0 Å². The van der Waals surface area contributed by atoms with Crippen molar-refractivity contribution in [3.05, 3.63) is 84.4 Å². The standard InChI is InChI=1S/C22H19N5O3S2/c23-32(29,30)19-13-7-5-11-17(19)24-22(31)26-25-20-16-10-4-6-12-18(16)27(21(20)28)14-15-8-2-1-3-9-15/h1-13,28H,14H2,(H,24,31)(H2,23,29,30). The molecule has 0 radical (unpaired) electrons. The van der Waals surface area contributed by atoms with Crippen LogP contribution >= 0.6 is 12.2 Å². The Kier molecular flexibility index (Phi) is 5.99. The molecule has 4 N–H and O–H groups in total. The molecule has 1 heterocycles. The SMILES string of the molecule is NS(=O)(=O)c1ccccc1NC(=S)N=Nc1c(O)n(Cc2ccccc2)c2ccccc12. The van der Waals surface area contributed by atoms with Gasteiger partial charge in [0.1, 0.15) is 4.90 Å². The van der Waals surface area contributed by atoms with Gasteiger partial charge in [-0.1, -0.05) is 60.7 Å². The number of azo groups is 1. The number of para-hydroxylation sites is 2. The Hall–Kier alpha value is -3.60. The van der Waals surface area contributed by atoms with Crippen molar-refractivity contribution < 1.29 is 13.5 Å². The van der Waals surface area contributed by atoms with Crippen LogP contribution in [0.1, 0.15) is 5.56 Å². The fourth-order valence-electron chi connectivity index (χ4n) is 3.35. The van der Waals surface area contributed by atoms with Crippen molar-refractivity contribution in [2.24, 2.45) is 15.4 Å². The average Bonchev–Trinajstić information content (AvgIpc) is 3.04. The summed E-state index contributed by atoms with van der Waals surface area (Å²) in [5, 5.41) is 27.6. The number of hydrogen-bond donors (Lipinski definition) is 3. The van der Waals surface area contributed by atoms with E-state index in [1.807, 2.05) is 54.6 Å². The Morgan fingerprint density at radius 3 is 2.41 bits per heavy atom. The van der Waals surface area contributed by atoms with Crippen molar-refractivity contribution in [1.29, 1.82) is 0 Å². The van der Waals surface area contributed by atoms with Gasteiger partial charge in [0, 0.05) is 5.39 Å². The number of sulfonamides is 1. The Bertz CT molecular complexity index is 1430. The maximum Gasteiger partial charge on any atom is 0.240 e. The molecule has 0 aliphatic heterocycles. The molecule has 4 rings (SSSR count). The first kappa shape index (κ1) is 21.6. The molecule has 4 aromatic rings. The van der Waals surface area contributed by atoms with E-state index < -0.39 is 10.0 Å². The van der Waals surface area contributed by atoms with Crippen LogP contribution in [-0.4, -0.2) is 23.2 Å². The summed E-state index contributed by atoms with van der Waals surface area (Å²) in [4.78, 5) is -0.111. The Balaban J connectivity index is 1.65. The van der Waals surface area contributed by atoms with E-state index >= 15 is 0 Å². The van der Waals surface area contributed by atoms with Gasteiger partial charge in [0.2, 0.25) is 21.0 Å². The number of rotatable bonds is 5. The summed E-state index contributed by atoms with van der Waals surface area (Å²) in [6.45, 7) is 0.452. The van der Waals surface area contributed by atoms with E-state index in [0.29, 0.717) is 11.9 Å². The predicted octanol–water partition coefficient (Wildman–Crippen LogP) is 4.52. The highest BCUT2D eigenvalue weighted by molar-refractivity contribution is 7.89. The number of nitrogens with two attached hydrogens (primary N) is 1. The van der Waals surface area contributed by atoms with E-state index in [-0.39, 0.29) is 27.3 Å². The highest BCUT2D eigenvalue weighted by Gasteiger charge is 2.17. The zero-order chi connectivity index (χ0) is 22.7. The van der Waals surface area contributed by atoms with E-state index in [1.54, 1.807) is 16.7 Å². The molecule has 1 aromatic heterocycles. The summed E-state index contributed by atoms with van der Waals surface area (Å²) in [5.41, 5.74) is 2.26. The molecule has 0 unspecified atom stereocenters. The summed E-state index contributed by atoms with van der Waals surface area (Å²) in [5.74, 6) is -0.0495. The number of primary sulfonamides is 1. The van der Waals surface area contributed by atoms with Crippen LogP contribution in [0.15, 0.2) is 94.0 Å². The van der Waals surface area contributed by atoms with Crippen molar-refractivity contribution in [1.82, 2.24) is 4.57 Å². The molecule has 32 heavy (non-hydrogen) atoms. The number of benzene rings is 3. The van der Waals surface area contributed by atoms with Gasteiger partial charge in [-0.3, -0.25) is 0 Å². The molecule has 3 aromatic carbocycles. The molecule has 0 bridgehead atoms. The van der Waals surface area contributed by atoms with Crippen molar-refractivity contribution >= 4 is 49.6 Å². The van der Waals surface area contributed by atoms with Gasteiger partial charge in [-0.05, 0) is 36.0 Å². The number of thiocarbonyl (C=S) groups is 1. The number of nitrogens with zero attached hydrogens (tertiary/aromatic N) is 3. The minimum Gasteiger partial charge on any atom is -0.493 e. The van der Waals surface area contributed by atoms with E-state index in [1.165, 1.54) is 12.1 Å². The summed E-state index contributed by atoms with van der Waals surface area (Å²) in [6, 6.07) is 23.2. The van der Waals surface area contributed by atoms with E-state index in [0.717, 1.165) is 11.1 Å². The fraction of sp³-hybridized carbons (Fsp3) is 0.0455. The van der Waals surface area contributed by atoms with Crippen molar-refractivity contribution in [3.63, 3.8) is 0 Å². The lowest BCUT2D eigenvalue weighted by Crippen LogP contribution is -2.16. The van der Waals surface area contributed by atoms with Gasteiger partial charge >= 0.3 is 0 Å². The second kappa shape index (κ2) is 8.87. The number of fused-ring (bicyclic) bond motifs is 1. The zero-order valence-electron chi connectivity index (χ0n) is 16.7. The molecule has 0 spiro atoms. The minimum absolute atomic E-state index is 0.0495. The first-order valence-electron chi connectivity index (χ1n) is 9.53. The molecule has 0 fully saturated rings. The summed E-state index contributed by atoms with van der Waals surface area (Å²) >= 11 is 5.20. The maximum absolute atomic E-state index is 11.8. The number of aromatic hydroxyl groups is 1. The molecule has 0 aliphatic carbocycles. The topological polar surface area (TPSA) is 122 Å². The highest BCUT2D eigenvalue weighted by atomic mass is 32.2. The third kappa shape index (κ3) is 4.52. The molecule has 10 heteroatoms. The van der Waals surface area contributed by atoms with Gasteiger partial charge in [-0.15, -0.1) is 10.2 Å². The summed E-state index contributed by atoms with van der Waals surface area (Å²) in [6.07, 6.45) is 0. The largest absolute Gasteiger partial charge is 0.493 e. The van der Waals surface area contributed by atoms with Crippen molar-refractivity contribution in [2.75, 3.05) is 5.32 Å². The fourth-order valence-corrected chi connectivity index (χ4v) is 4.19. The summed E-state index contributed by atoms with van der Waals surface area (Å²) in [7, 11) is -3.95. The van der Waals surface area contributed by atoms with Gasteiger partial charge in [-0.25, -0.2) is 13.6 Å². The lowest BCUT2D eigenvalue weighted by atomic mass is 10.2. The normalized spacial score (nSPS) is 11.8. The Labute approximate surface area is 190 Å². The monoisotopic (exact) mass is 465 g/mol. The number of hydrogen-bond acceptors (Lipinski definition) is 5. The quantitative estimate of drug-likeness (QED) is 0.295. The molecule has 162 valence electrons. The molecule has 0 aliphatic rings. The molecule has 8 nitrogen and oxygen atoms in total. The number of nitrogens with one attached hydrogen (secondary N) is 1. The van der Waals surface area contributed by atoms with Gasteiger partial charge in [0.25, 0.3) is 0 Å². The third-order valence-electron chi connectivity index (χ3n) is 4.78. The van der Waals surface area contributed by atoms with Gasteiger partial charge < -0.3 is 15.0 Å². The lowest BCUT2D eigenvalue weighted by Gasteiger charge is -2.08. The van der Waals surface area contributed by atoms with Crippen LogP contribution in [0.3, 0.4) is 0 Å². The molecular formula is C22H19N5O3S2. The van der Waals surface area contributed by atoms with Crippen LogP contribution < -0.4 is 10.5 Å². The van der Waals surface area contributed by atoms with E-state index in [4.69, 9.17) is 17.4 Å². The predicted molar refractivity (Wildman–Crippen MR) is 128 cm³/mol. The lowest BCUT2D eigenvalue weighted by molar-refractivity contribution is 0.429. The van der Waals surface area contributed by atoms with Crippen LogP contribution in [0.25, 0.3) is 10.9 Å². The maximum atomic E-state index is 11.8. The smallest absolute Gasteiger partial charge is 0.240 e. The van der Waals surface area contributed by atoms with Crippen LogP contribution in [0.5, 0.6) is 5.88 Å². The minimum atomic E-state index is -3.95. The Morgan fingerprint density at radius 1 is 1.00 bits per heavy atom.